The molecule has 152 valence electrons. The number of rotatable bonds is 8. The van der Waals surface area contributed by atoms with Crippen LogP contribution in [0.15, 0.2) is 60.7 Å². The number of benzene rings is 2. The zero-order valence-electron chi connectivity index (χ0n) is 16.8. The molecule has 0 aromatic heterocycles. The average Bonchev–Trinajstić information content (AvgIpc) is 2.69. The molecule has 0 unspecified atom stereocenters. The number of aliphatic hydroxyl groups excluding tert-OH is 1. The van der Waals surface area contributed by atoms with Gasteiger partial charge in [0.1, 0.15) is 0 Å². The van der Waals surface area contributed by atoms with Gasteiger partial charge >= 0.3 is 0 Å². The molecule has 5 N–H and O–H groups in total. The van der Waals surface area contributed by atoms with Crippen LogP contribution in [-0.2, 0) is 4.43 Å². The smallest absolute Gasteiger partial charge is 0.261 e. The van der Waals surface area contributed by atoms with Crippen LogP contribution < -0.4 is 27.0 Å². The highest BCUT2D eigenvalue weighted by Gasteiger charge is 2.50. The summed E-state index contributed by atoms with van der Waals surface area (Å²) in [5.41, 5.74) is 2.44. The van der Waals surface area contributed by atoms with Gasteiger partial charge in [-0.2, -0.15) is 0 Å². The highest BCUT2D eigenvalue weighted by molar-refractivity contribution is 7.80. The highest BCUT2D eigenvalue weighted by atomic mass is 32.1. The minimum absolute atomic E-state index is 0.0367. The Morgan fingerprint density at radius 3 is 1.96 bits per heavy atom. The maximum Gasteiger partial charge on any atom is 0.261 e. The summed E-state index contributed by atoms with van der Waals surface area (Å²) in [7, 11) is -2.62. The van der Waals surface area contributed by atoms with Crippen LogP contribution in [-0.4, -0.2) is 37.8 Å². The molecule has 28 heavy (non-hydrogen) atoms. The fourth-order valence-corrected chi connectivity index (χ4v) is 8.34. The van der Waals surface area contributed by atoms with Gasteiger partial charge in [-0.05, 0) is 34.1 Å². The molecule has 2 aromatic carbocycles. The van der Waals surface area contributed by atoms with Gasteiger partial charge in [-0.15, -0.1) is 0 Å². The first kappa shape index (κ1) is 22.5. The summed E-state index contributed by atoms with van der Waals surface area (Å²) in [4.78, 5) is 0. The van der Waals surface area contributed by atoms with Gasteiger partial charge in [0.25, 0.3) is 8.32 Å². The molecule has 0 bridgehead atoms. The van der Waals surface area contributed by atoms with Crippen LogP contribution >= 0.6 is 12.2 Å². The van der Waals surface area contributed by atoms with E-state index in [-0.39, 0.29) is 17.7 Å². The number of thiocarbonyl (C=S) groups is 1. The third kappa shape index (κ3) is 5.18. The molecule has 7 heteroatoms. The van der Waals surface area contributed by atoms with Crippen molar-refractivity contribution in [3.63, 3.8) is 0 Å². The first-order valence-electron chi connectivity index (χ1n) is 9.48. The lowest BCUT2D eigenvalue weighted by atomic mass is 10.2. The van der Waals surface area contributed by atoms with Gasteiger partial charge in [0.2, 0.25) is 0 Å². The van der Waals surface area contributed by atoms with E-state index >= 15 is 0 Å². The molecule has 0 aliphatic rings. The van der Waals surface area contributed by atoms with E-state index in [4.69, 9.17) is 22.5 Å². The minimum atomic E-state index is -2.62. The second kappa shape index (κ2) is 10.1. The lowest BCUT2D eigenvalue weighted by molar-refractivity contribution is 0.217. The second-order valence-corrected chi connectivity index (χ2v) is 12.5. The van der Waals surface area contributed by atoms with Gasteiger partial charge in [0, 0.05) is 6.61 Å². The predicted molar refractivity (Wildman–Crippen MR) is 122 cm³/mol. The molecule has 1 atom stereocenters. The number of hydrogen-bond donors (Lipinski definition) is 4. The highest BCUT2D eigenvalue weighted by Crippen LogP contribution is 2.36. The summed E-state index contributed by atoms with van der Waals surface area (Å²) < 4.78 is 6.86. The number of aliphatic hydroxyl groups is 1. The molecule has 0 radical (unpaired) electrons. The van der Waals surface area contributed by atoms with Crippen LogP contribution in [0.25, 0.3) is 0 Å². The summed E-state index contributed by atoms with van der Waals surface area (Å²) in [5.74, 6) is 5.40. The van der Waals surface area contributed by atoms with Crippen molar-refractivity contribution in [2.75, 3.05) is 13.2 Å². The van der Waals surface area contributed by atoms with Crippen LogP contribution in [0.5, 0.6) is 0 Å². The van der Waals surface area contributed by atoms with E-state index in [1.165, 1.54) is 10.4 Å². The fourth-order valence-electron chi connectivity index (χ4n) is 3.57. The molecule has 0 aliphatic heterocycles. The van der Waals surface area contributed by atoms with Crippen molar-refractivity contribution in [1.82, 2.24) is 10.7 Å². The van der Waals surface area contributed by atoms with Gasteiger partial charge in [-0.3, -0.25) is 0 Å². The normalized spacial score (nSPS) is 13.0. The van der Waals surface area contributed by atoms with E-state index < -0.39 is 8.32 Å². The van der Waals surface area contributed by atoms with Crippen molar-refractivity contribution in [3.8, 4) is 0 Å². The largest absolute Gasteiger partial charge is 0.405 e. The molecule has 0 heterocycles. The first-order chi connectivity index (χ1) is 13.3. The average molecular weight is 418 g/mol. The molecule has 2 aromatic rings. The van der Waals surface area contributed by atoms with E-state index in [0.29, 0.717) is 18.1 Å². The van der Waals surface area contributed by atoms with Crippen molar-refractivity contribution in [2.24, 2.45) is 5.84 Å². The number of nitrogens with one attached hydrogen (secondary N) is 2. The Balaban J connectivity index is 2.47. The van der Waals surface area contributed by atoms with E-state index in [1.54, 1.807) is 0 Å². The van der Waals surface area contributed by atoms with Gasteiger partial charge in [-0.25, -0.2) is 5.84 Å². The third-order valence-corrected chi connectivity index (χ3v) is 10.1. The van der Waals surface area contributed by atoms with Crippen molar-refractivity contribution in [1.29, 1.82) is 0 Å². The lowest BCUT2D eigenvalue weighted by Crippen LogP contribution is -2.67. The minimum Gasteiger partial charge on any atom is -0.405 e. The Bertz CT molecular complexity index is 699. The lowest BCUT2D eigenvalue weighted by Gasteiger charge is -2.43. The quantitative estimate of drug-likeness (QED) is 0.226. The molecule has 2 rings (SSSR count). The maximum atomic E-state index is 9.47. The fraction of sp³-hybridized carbons (Fsp3) is 0.381. The van der Waals surface area contributed by atoms with Gasteiger partial charge in [0.05, 0.1) is 12.6 Å². The van der Waals surface area contributed by atoms with Crippen LogP contribution in [0.2, 0.25) is 5.04 Å². The molecular weight excluding hydrogens is 386 g/mol. The standard InChI is InChI=1S/C21H31N3O2SSi/c1-21(2,3)28(18-10-6-4-7-11-18,19-12-8-5-9-13-19)26-16-17(14-15-25)23-20(27)24-22/h4-13,17,25H,14-16,22H2,1-3H3,(H2,23,24,27)/t17-/m1/s1. The molecular formula is C21H31N3O2SSi. The van der Waals surface area contributed by atoms with Crippen molar-refractivity contribution in [2.45, 2.75) is 38.3 Å². The molecule has 0 saturated heterocycles. The molecule has 0 aliphatic carbocycles. The topological polar surface area (TPSA) is 79.5 Å². The van der Waals surface area contributed by atoms with Crippen molar-refractivity contribution >= 4 is 36.0 Å². The maximum absolute atomic E-state index is 9.47. The van der Waals surface area contributed by atoms with E-state index in [2.05, 4.69) is 80.0 Å². The van der Waals surface area contributed by atoms with E-state index in [1.807, 2.05) is 12.1 Å². The molecule has 5 nitrogen and oxygen atoms in total. The predicted octanol–water partition coefficient (Wildman–Crippen LogP) is 1.65. The summed E-state index contributed by atoms with van der Waals surface area (Å²) in [5, 5.41) is 15.3. The Labute approximate surface area is 174 Å². The number of nitrogens with two attached hydrogens (primary N) is 1. The van der Waals surface area contributed by atoms with E-state index in [9.17, 15) is 5.11 Å². The molecule has 0 amide bonds. The summed E-state index contributed by atoms with van der Waals surface area (Å²) in [6.07, 6.45) is 0.514. The summed E-state index contributed by atoms with van der Waals surface area (Å²) >= 11 is 5.14. The molecule has 0 spiro atoms. The SMILES string of the molecule is CC(C)(C)[Si](OC[C@@H](CCO)NC(=S)NN)(c1ccccc1)c1ccccc1. The van der Waals surface area contributed by atoms with Crippen LogP contribution in [0, 0.1) is 0 Å². The van der Waals surface area contributed by atoms with Crippen molar-refractivity contribution < 1.29 is 9.53 Å². The number of hydrazine groups is 1. The zero-order chi connectivity index (χ0) is 20.6. The summed E-state index contributed by atoms with van der Waals surface area (Å²) in [6, 6.07) is 20.8. The Hall–Kier alpha value is -1.77. The van der Waals surface area contributed by atoms with Crippen LogP contribution in [0.1, 0.15) is 27.2 Å². The first-order valence-corrected chi connectivity index (χ1v) is 11.8. The number of hydrogen-bond acceptors (Lipinski definition) is 4. The van der Waals surface area contributed by atoms with Gasteiger partial charge in [-0.1, -0.05) is 81.4 Å². The molecule has 0 fully saturated rings. The van der Waals surface area contributed by atoms with Gasteiger partial charge < -0.3 is 20.3 Å². The zero-order valence-corrected chi connectivity index (χ0v) is 18.6. The Kier molecular flexibility index (Phi) is 8.15. The second-order valence-electron chi connectivity index (χ2n) is 7.80. The third-order valence-electron chi connectivity index (χ3n) is 4.86. The molecule has 0 saturated carbocycles. The van der Waals surface area contributed by atoms with Crippen molar-refractivity contribution in [3.05, 3.63) is 60.7 Å². The van der Waals surface area contributed by atoms with Gasteiger partial charge in [0.15, 0.2) is 5.11 Å². The van der Waals surface area contributed by atoms with Crippen LogP contribution in [0.3, 0.4) is 0 Å². The van der Waals surface area contributed by atoms with E-state index in [0.717, 1.165) is 0 Å². The Morgan fingerprint density at radius 1 is 1.07 bits per heavy atom. The Morgan fingerprint density at radius 2 is 1.57 bits per heavy atom. The van der Waals surface area contributed by atoms with Crippen LogP contribution in [0.4, 0.5) is 0 Å². The summed E-state index contributed by atoms with van der Waals surface area (Å²) in [6.45, 7) is 7.16. The monoisotopic (exact) mass is 417 g/mol.